The van der Waals surface area contributed by atoms with Crippen molar-refractivity contribution >= 4 is 39.1 Å². The van der Waals surface area contributed by atoms with Crippen molar-refractivity contribution in [3.63, 3.8) is 0 Å². The van der Waals surface area contributed by atoms with Gasteiger partial charge in [0.2, 0.25) is 0 Å². The van der Waals surface area contributed by atoms with Gasteiger partial charge in [-0.3, -0.25) is 15.1 Å². The molecule has 0 saturated heterocycles. The SMILES string of the molecule is C=C(Nc1cncc(-c2ccc3[nH]nc(-c4nc5c(-c6ccc(C)s6)cncc5[nH]4)c3n2)c1)C1CCCCC1. The zero-order valence-electron chi connectivity index (χ0n) is 21.7. The Morgan fingerprint density at radius 2 is 1.82 bits per heavy atom. The molecule has 194 valence electrons. The predicted octanol–water partition coefficient (Wildman–Crippen LogP) is 7.50. The molecule has 0 unspecified atom stereocenters. The molecule has 7 rings (SSSR count). The van der Waals surface area contributed by atoms with E-state index in [4.69, 9.17) is 9.97 Å². The van der Waals surface area contributed by atoms with Crippen LogP contribution in [-0.2, 0) is 0 Å². The van der Waals surface area contributed by atoms with Crippen LogP contribution in [0.25, 0.3) is 55.3 Å². The van der Waals surface area contributed by atoms with Gasteiger partial charge in [-0.15, -0.1) is 11.3 Å². The number of nitrogens with one attached hydrogen (secondary N) is 3. The number of rotatable bonds is 6. The molecule has 1 saturated carbocycles. The predicted molar refractivity (Wildman–Crippen MR) is 157 cm³/mol. The summed E-state index contributed by atoms with van der Waals surface area (Å²) in [5.74, 6) is 1.18. The van der Waals surface area contributed by atoms with E-state index in [-0.39, 0.29) is 0 Å². The van der Waals surface area contributed by atoms with Gasteiger partial charge in [0.15, 0.2) is 11.5 Å². The van der Waals surface area contributed by atoms with Gasteiger partial charge in [-0.25, -0.2) is 9.97 Å². The van der Waals surface area contributed by atoms with Gasteiger partial charge in [0, 0.05) is 39.0 Å². The Morgan fingerprint density at radius 1 is 0.949 bits per heavy atom. The van der Waals surface area contributed by atoms with E-state index in [2.05, 4.69) is 62.2 Å². The second-order valence-electron chi connectivity index (χ2n) is 10.2. The summed E-state index contributed by atoms with van der Waals surface area (Å²) in [5.41, 5.74) is 8.75. The van der Waals surface area contributed by atoms with Crippen LogP contribution in [0.2, 0.25) is 0 Å². The molecule has 0 aliphatic heterocycles. The summed E-state index contributed by atoms with van der Waals surface area (Å²) in [5, 5.41) is 11.2. The molecule has 6 heterocycles. The number of pyridine rings is 3. The van der Waals surface area contributed by atoms with Crippen LogP contribution in [0, 0.1) is 12.8 Å². The standard InChI is InChI=1S/C30H28N8S/c1-17-8-11-26(39-17)22-15-32-16-25-27(22)36-30(35-25)29-28-24(37-38-29)10-9-23(34-28)20-12-21(14-31-13-20)33-18(2)19-6-4-3-5-7-19/h8-16,19,33H,2-7H2,1H3,(H,35,36)(H,37,38). The Labute approximate surface area is 229 Å². The van der Waals surface area contributed by atoms with Crippen molar-refractivity contribution in [2.24, 2.45) is 5.92 Å². The Morgan fingerprint density at radius 3 is 2.67 bits per heavy atom. The minimum Gasteiger partial charge on any atom is -0.358 e. The normalized spacial score (nSPS) is 14.3. The summed E-state index contributed by atoms with van der Waals surface area (Å²) < 4.78 is 0. The van der Waals surface area contributed by atoms with Gasteiger partial charge >= 0.3 is 0 Å². The van der Waals surface area contributed by atoms with Gasteiger partial charge in [0.1, 0.15) is 11.0 Å². The average Bonchev–Trinajstić information content (AvgIpc) is 3.71. The minimum absolute atomic E-state index is 0.522. The van der Waals surface area contributed by atoms with Crippen molar-refractivity contribution in [3.8, 4) is 33.2 Å². The van der Waals surface area contributed by atoms with E-state index in [1.807, 2.05) is 30.7 Å². The van der Waals surface area contributed by atoms with Crippen LogP contribution in [-0.4, -0.2) is 35.1 Å². The second-order valence-corrected chi connectivity index (χ2v) is 11.5. The molecule has 0 aromatic carbocycles. The van der Waals surface area contributed by atoms with Gasteiger partial charge in [-0.1, -0.05) is 25.8 Å². The lowest BCUT2D eigenvalue weighted by Gasteiger charge is -2.24. The number of fused-ring (bicyclic) bond motifs is 2. The maximum atomic E-state index is 4.99. The molecule has 0 atom stereocenters. The fraction of sp³-hybridized carbons (Fsp3) is 0.233. The molecule has 9 heteroatoms. The van der Waals surface area contributed by atoms with E-state index in [0.717, 1.165) is 55.1 Å². The van der Waals surface area contributed by atoms with E-state index in [1.54, 1.807) is 17.5 Å². The highest BCUT2D eigenvalue weighted by Crippen LogP contribution is 2.35. The first kappa shape index (κ1) is 23.7. The van der Waals surface area contributed by atoms with Crippen LogP contribution in [0.5, 0.6) is 0 Å². The van der Waals surface area contributed by atoms with Crippen LogP contribution in [0.3, 0.4) is 0 Å². The van der Waals surface area contributed by atoms with Crippen molar-refractivity contribution in [1.82, 2.24) is 35.1 Å². The molecular weight excluding hydrogens is 504 g/mol. The van der Waals surface area contributed by atoms with Crippen LogP contribution in [0.15, 0.2) is 67.4 Å². The number of aryl methyl sites for hydroxylation is 1. The highest BCUT2D eigenvalue weighted by Gasteiger charge is 2.19. The highest BCUT2D eigenvalue weighted by atomic mass is 32.1. The van der Waals surface area contributed by atoms with Gasteiger partial charge in [0.05, 0.1) is 34.8 Å². The quantitative estimate of drug-likeness (QED) is 0.205. The number of allylic oxidation sites excluding steroid dienone is 1. The number of aromatic nitrogens is 7. The lowest BCUT2D eigenvalue weighted by molar-refractivity contribution is 0.405. The molecule has 1 fully saturated rings. The molecule has 6 aromatic rings. The molecule has 8 nitrogen and oxygen atoms in total. The topological polar surface area (TPSA) is 108 Å². The zero-order chi connectivity index (χ0) is 26.3. The van der Waals surface area contributed by atoms with Crippen LogP contribution < -0.4 is 5.32 Å². The summed E-state index contributed by atoms with van der Waals surface area (Å²) in [4.78, 5) is 24.7. The molecule has 3 N–H and O–H groups in total. The Balaban J connectivity index is 1.22. The largest absolute Gasteiger partial charge is 0.358 e. The lowest BCUT2D eigenvalue weighted by atomic mass is 9.87. The van der Waals surface area contributed by atoms with Gasteiger partial charge < -0.3 is 10.3 Å². The molecular formula is C30H28N8S. The molecule has 6 aromatic heterocycles. The third kappa shape index (κ3) is 4.48. The van der Waals surface area contributed by atoms with Crippen molar-refractivity contribution < 1.29 is 0 Å². The summed E-state index contributed by atoms with van der Waals surface area (Å²) in [6.45, 7) is 6.42. The van der Waals surface area contributed by atoms with E-state index < -0.39 is 0 Å². The zero-order valence-corrected chi connectivity index (χ0v) is 22.5. The monoisotopic (exact) mass is 532 g/mol. The summed E-state index contributed by atoms with van der Waals surface area (Å²) in [6, 6.07) is 10.3. The van der Waals surface area contributed by atoms with Crippen molar-refractivity contribution in [1.29, 1.82) is 0 Å². The molecule has 39 heavy (non-hydrogen) atoms. The number of thiophene rings is 1. The molecule has 0 spiro atoms. The smallest absolute Gasteiger partial charge is 0.161 e. The third-order valence-corrected chi connectivity index (χ3v) is 8.50. The van der Waals surface area contributed by atoms with Gasteiger partial charge in [-0.05, 0) is 56.0 Å². The highest BCUT2D eigenvalue weighted by molar-refractivity contribution is 7.15. The number of hydrogen-bond donors (Lipinski definition) is 3. The van der Waals surface area contributed by atoms with Gasteiger partial charge in [0.25, 0.3) is 0 Å². The van der Waals surface area contributed by atoms with Crippen LogP contribution >= 0.6 is 11.3 Å². The summed E-state index contributed by atoms with van der Waals surface area (Å²) in [6.07, 6.45) is 13.6. The molecule has 1 aliphatic rings. The van der Waals surface area contributed by atoms with Crippen LogP contribution in [0.1, 0.15) is 37.0 Å². The summed E-state index contributed by atoms with van der Waals surface area (Å²) in [7, 11) is 0. The molecule has 0 amide bonds. The number of anilines is 1. The number of H-pyrrole nitrogens is 2. The minimum atomic E-state index is 0.522. The van der Waals surface area contributed by atoms with Crippen molar-refractivity contribution in [3.05, 3.63) is 72.3 Å². The maximum Gasteiger partial charge on any atom is 0.161 e. The van der Waals surface area contributed by atoms with Gasteiger partial charge in [-0.2, -0.15) is 5.10 Å². The lowest BCUT2D eigenvalue weighted by Crippen LogP contribution is -2.14. The average molecular weight is 533 g/mol. The fourth-order valence-electron chi connectivity index (χ4n) is 5.42. The van der Waals surface area contributed by atoms with Crippen LogP contribution in [0.4, 0.5) is 5.69 Å². The Kier molecular flexibility index (Phi) is 5.93. The number of aromatic amines is 2. The first-order valence-electron chi connectivity index (χ1n) is 13.3. The van der Waals surface area contributed by atoms with E-state index >= 15 is 0 Å². The first-order chi connectivity index (χ1) is 19.1. The maximum absolute atomic E-state index is 4.99. The second kappa shape index (κ2) is 9.74. The fourth-order valence-corrected chi connectivity index (χ4v) is 6.29. The molecule has 0 bridgehead atoms. The van der Waals surface area contributed by atoms with E-state index in [1.165, 1.54) is 37.0 Å². The number of hydrogen-bond acceptors (Lipinski definition) is 7. The van der Waals surface area contributed by atoms with E-state index in [9.17, 15) is 0 Å². The summed E-state index contributed by atoms with van der Waals surface area (Å²) >= 11 is 1.73. The molecule has 0 radical (unpaired) electrons. The van der Waals surface area contributed by atoms with Crippen molar-refractivity contribution in [2.45, 2.75) is 39.0 Å². The Bertz CT molecular complexity index is 1820. The molecule has 1 aliphatic carbocycles. The van der Waals surface area contributed by atoms with E-state index in [0.29, 0.717) is 17.4 Å². The van der Waals surface area contributed by atoms with Crippen molar-refractivity contribution in [2.75, 3.05) is 5.32 Å². The number of imidazole rings is 1. The Hall–Kier alpha value is -4.37. The number of nitrogens with zero attached hydrogens (tertiary/aromatic N) is 5. The third-order valence-electron chi connectivity index (χ3n) is 7.47. The first-order valence-corrected chi connectivity index (χ1v) is 14.1.